The van der Waals surface area contributed by atoms with Crippen molar-refractivity contribution in [1.82, 2.24) is 4.90 Å². The Hall–Kier alpha value is -1.01. The second-order valence-corrected chi connectivity index (χ2v) is 5.62. The Morgan fingerprint density at radius 3 is 2.75 bits per heavy atom. The summed E-state index contributed by atoms with van der Waals surface area (Å²) in [4.78, 5) is 13.3. The van der Waals surface area contributed by atoms with Crippen LogP contribution >= 0.6 is 23.2 Å². The van der Waals surface area contributed by atoms with E-state index in [1.165, 1.54) is 17.0 Å². The third-order valence-corrected chi connectivity index (χ3v) is 4.19. The molecule has 110 valence electrons. The van der Waals surface area contributed by atoms with Gasteiger partial charge < -0.3 is 20.2 Å². The number of hydrogen-bond donors (Lipinski definition) is 3. The third kappa shape index (κ3) is 3.01. The van der Waals surface area contributed by atoms with Gasteiger partial charge in [-0.15, -0.1) is 0 Å². The summed E-state index contributed by atoms with van der Waals surface area (Å²) < 4.78 is 0. The number of rotatable bonds is 4. The molecule has 20 heavy (non-hydrogen) atoms. The van der Waals surface area contributed by atoms with Crippen LogP contribution in [0.4, 0.5) is 0 Å². The lowest BCUT2D eigenvalue weighted by Gasteiger charge is -2.20. The first kappa shape index (κ1) is 15.4. The summed E-state index contributed by atoms with van der Waals surface area (Å²) in [5.41, 5.74) is 0.452. The van der Waals surface area contributed by atoms with Crippen molar-refractivity contribution >= 4 is 29.1 Å². The van der Waals surface area contributed by atoms with Crippen LogP contribution in [-0.4, -0.2) is 51.9 Å². The van der Waals surface area contributed by atoms with Gasteiger partial charge >= 0.3 is 0 Å². The first-order chi connectivity index (χ1) is 9.43. The number of phenols is 1. The SMILES string of the molecule is O=C1C[C@@H](c2c(O)ccc(Cl)c2Cl)CN1C[C@@H](O)CO. The Morgan fingerprint density at radius 2 is 2.10 bits per heavy atom. The van der Waals surface area contributed by atoms with Crippen LogP contribution in [-0.2, 0) is 4.79 Å². The molecule has 0 saturated carbocycles. The molecule has 5 nitrogen and oxygen atoms in total. The van der Waals surface area contributed by atoms with Crippen LogP contribution in [0.1, 0.15) is 17.9 Å². The highest BCUT2D eigenvalue weighted by atomic mass is 35.5. The number of aliphatic hydroxyl groups is 2. The number of aromatic hydroxyl groups is 1. The number of β-amino-alcohol motifs (C(OH)–C–C–N with tert-alkyl or cyclic N) is 1. The summed E-state index contributed by atoms with van der Waals surface area (Å²) in [6.07, 6.45) is -0.785. The lowest BCUT2D eigenvalue weighted by atomic mass is 9.97. The zero-order valence-electron chi connectivity index (χ0n) is 10.6. The molecule has 2 atom stereocenters. The molecule has 1 saturated heterocycles. The highest BCUT2D eigenvalue weighted by molar-refractivity contribution is 6.42. The van der Waals surface area contributed by atoms with Crippen LogP contribution < -0.4 is 0 Å². The summed E-state index contributed by atoms with van der Waals surface area (Å²) >= 11 is 12.0. The molecule has 1 amide bonds. The quantitative estimate of drug-likeness (QED) is 0.783. The maximum Gasteiger partial charge on any atom is 0.223 e. The van der Waals surface area contributed by atoms with E-state index in [0.29, 0.717) is 17.1 Å². The molecular weight excluding hydrogens is 305 g/mol. The largest absolute Gasteiger partial charge is 0.508 e. The standard InChI is InChI=1S/C13H15Cl2NO4/c14-9-1-2-10(19)12(13(9)15)7-3-11(20)16(4-7)5-8(18)6-17/h1-2,7-8,17-19H,3-6H2/t7-,8-/m1/s1. The fraction of sp³-hybridized carbons (Fsp3) is 0.462. The molecule has 3 N–H and O–H groups in total. The number of nitrogens with zero attached hydrogens (tertiary/aromatic N) is 1. The van der Waals surface area contributed by atoms with Gasteiger partial charge in [-0.25, -0.2) is 0 Å². The average Bonchev–Trinajstić information content (AvgIpc) is 2.75. The number of carbonyl (C=O) groups is 1. The number of carbonyl (C=O) groups excluding carboxylic acids is 1. The first-order valence-electron chi connectivity index (χ1n) is 6.17. The zero-order chi connectivity index (χ0) is 14.9. The minimum Gasteiger partial charge on any atom is -0.508 e. The van der Waals surface area contributed by atoms with Crippen molar-refractivity contribution in [3.8, 4) is 5.75 Å². The second kappa shape index (κ2) is 6.18. The van der Waals surface area contributed by atoms with Crippen LogP contribution in [0.2, 0.25) is 10.0 Å². The second-order valence-electron chi connectivity index (χ2n) is 4.83. The minimum absolute atomic E-state index is 0.00163. The van der Waals surface area contributed by atoms with E-state index >= 15 is 0 Å². The van der Waals surface area contributed by atoms with Crippen molar-refractivity contribution in [2.24, 2.45) is 0 Å². The summed E-state index contributed by atoms with van der Waals surface area (Å²) in [6, 6.07) is 2.94. The molecule has 1 aliphatic heterocycles. The van der Waals surface area contributed by atoms with Crippen LogP contribution in [0.3, 0.4) is 0 Å². The molecule has 1 aromatic rings. The van der Waals surface area contributed by atoms with Gasteiger partial charge in [0, 0.05) is 31.0 Å². The van der Waals surface area contributed by atoms with Crippen LogP contribution in [0, 0.1) is 0 Å². The number of amides is 1. The lowest BCUT2D eigenvalue weighted by Crippen LogP contribution is -2.35. The van der Waals surface area contributed by atoms with Crippen molar-refractivity contribution in [2.75, 3.05) is 19.7 Å². The van der Waals surface area contributed by atoms with Gasteiger partial charge in [0.05, 0.1) is 22.8 Å². The molecule has 0 bridgehead atoms. The highest BCUT2D eigenvalue weighted by Crippen LogP contribution is 2.41. The fourth-order valence-electron chi connectivity index (χ4n) is 2.40. The number of likely N-dealkylation sites (tertiary alicyclic amines) is 1. The van der Waals surface area contributed by atoms with Gasteiger partial charge in [0.25, 0.3) is 0 Å². The van der Waals surface area contributed by atoms with Crippen molar-refractivity contribution in [1.29, 1.82) is 0 Å². The van der Waals surface area contributed by atoms with Crippen LogP contribution in [0.25, 0.3) is 0 Å². The Morgan fingerprint density at radius 1 is 1.40 bits per heavy atom. The highest BCUT2D eigenvalue weighted by Gasteiger charge is 2.34. The summed E-state index contributed by atoms with van der Waals surface area (Å²) in [7, 11) is 0. The van der Waals surface area contributed by atoms with E-state index in [1.54, 1.807) is 0 Å². The van der Waals surface area contributed by atoms with Crippen molar-refractivity contribution in [3.05, 3.63) is 27.7 Å². The Labute approximate surface area is 126 Å². The monoisotopic (exact) mass is 319 g/mol. The predicted octanol–water partition coefficient (Wildman–Crippen LogP) is 1.37. The van der Waals surface area contributed by atoms with E-state index in [-0.39, 0.29) is 35.6 Å². The smallest absolute Gasteiger partial charge is 0.223 e. The molecule has 0 aromatic heterocycles. The van der Waals surface area contributed by atoms with E-state index in [1.807, 2.05) is 0 Å². The molecule has 1 aromatic carbocycles. The molecule has 0 spiro atoms. The molecule has 1 heterocycles. The van der Waals surface area contributed by atoms with Gasteiger partial charge in [0.1, 0.15) is 5.75 Å². The lowest BCUT2D eigenvalue weighted by molar-refractivity contribution is -0.129. The van der Waals surface area contributed by atoms with Gasteiger partial charge in [-0.3, -0.25) is 4.79 Å². The van der Waals surface area contributed by atoms with Gasteiger partial charge in [-0.1, -0.05) is 23.2 Å². The van der Waals surface area contributed by atoms with Crippen molar-refractivity contribution in [2.45, 2.75) is 18.4 Å². The van der Waals surface area contributed by atoms with Gasteiger partial charge in [0.2, 0.25) is 5.91 Å². The fourth-order valence-corrected chi connectivity index (χ4v) is 2.88. The zero-order valence-corrected chi connectivity index (χ0v) is 12.1. The maximum atomic E-state index is 11.9. The summed E-state index contributed by atoms with van der Waals surface area (Å²) in [6.45, 7) is -0.0219. The Balaban J connectivity index is 2.20. The van der Waals surface area contributed by atoms with Gasteiger partial charge in [-0.2, -0.15) is 0 Å². The van der Waals surface area contributed by atoms with E-state index < -0.39 is 12.7 Å². The Bertz CT molecular complexity index is 523. The normalized spacial score (nSPS) is 20.5. The molecule has 0 aliphatic carbocycles. The molecular formula is C13H15Cl2NO4. The van der Waals surface area contributed by atoms with Crippen LogP contribution in [0.5, 0.6) is 5.75 Å². The molecule has 1 fully saturated rings. The number of phenolic OH excluding ortho intramolecular Hbond substituents is 1. The van der Waals surface area contributed by atoms with E-state index in [4.69, 9.17) is 28.3 Å². The predicted molar refractivity (Wildman–Crippen MR) is 75.2 cm³/mol. The van der Waals surface area contributed by atoms with Crippen molar-refractivity contribution < 1.29 is 20.1 Å². The third-order valence-electron chi connectivity index (χ3n) is 3.37. The first-order valence-corrected chi connectivity index (χ1v) is 6.93. The number of hydrogen-bond acceptors (Lipinski definition) is 4. The molecule has 2 rings (SSSR count). The maximum absolute atomic E-state index is 11.9. The van der Waals surface area contributed by atoms with Crippen LogP contribution in [0.15, 0.2) is 12.1 Å². The molecule has 1 aliphatic rings. The number of halogens is 2. The van der Waals surface area contributed by atoms with Gasteiger partial charge in [-0.05, 0) is 12.1 Å². The van der Waals surface area contributed by atoms with Crippen molar-refractivity contribution in [3.63, 3.8) is 0 Å². The van der Waals surface area contributed by atoms with Gasteiger partial charge in [0.15, 0.2) is 0 Å². The molecule has 0 radical (unpaired) electrons. The minimum atomic E-state index is -0.971. The number of benzene rings is 1. The molecule has 0 unspecified atom stereocenters. The topological polar surface area (TPSA) is 81.0 Å². The number of aliphatic hydroxyl groups excluding tert-OH is 2. The summed E-state index contributed by atoms with van der Waals surface area (Å²) in [5, 5.41) is 28.7. The van der Waals surface area contributed by atoms with E-state index in [2.05, 4.69) is 0 Å². The van der Waals surface area contributed by atoms with E-state index in [9.17, 15) is 15.0 Å². The Kier molecular flexibility index (Phi) is 4.75. The molecule has 7 heteroatoms. The average molecular weight is 320 g/mol. The summed E-state index contributed by atoms with van der Waals surface area (Å²) in [5.74, 6) is -0.431. The van der Waals surface area contributed by atoms with E-state index in [0.717, 1.165) is 0 Å².